The predicted octanol–water partition coefficient (Wildman–Crippen LogP) is 5.84. The topological polar surface area (TPSA) is 112 Å². The summed E-state index contributed by atoms with van der Waals surface area (Å²) in [6.45, 7) is 3.78. The molecule has 0 amide bonds. The smallest absolute Gasteiger partial charge is 0.276 e. The molecule has 4 aromatic rings. The van der Waals surface area contributed by atoms with Crippen LogP contribution in [-0.2, 0) is 12.8 Å². The zero-order valence-corrected chi connectivity index (χ0v) is 19.4. The SMILES string of the molecule is C=CCc1ccc(O)c(-c2ccc3c(c2)C[C@@H](CSc2nnc(-c4ccc([N+](=O)[O-])cc4)o2)O3)c1. The Morgan fingerprint density at radius 3 is 2.69 bits per heavy atom. The van der Waals surface area contributed by atoms with Gasteiger partial charge in [-0.05, 0) is 59.5 Å². The maximum atomic E-state index is 10.8. The second-order valence-corrected chi connectivity index (χ2v) is 9.07. The molecule has 1 atom stereocenters. The van der Waals surface area contributed by atoms with E-state index in [1.807, 2.05) is 30.3 Å². The molecule has 0 aliphatic carbocycles. The van der Waals surface area contributed by atoms with E-state index in [2.05, 4.69) is 22.8 Å². The predicted molar refractivity (Wildman–Crippen MR) is 133 cm³/mol. The third-order valence-electron chi connectivity index (χ3n) is 5.68. The normalized spacial score (nSPS) is 14.3. The molecule has 1 aliphatic rings. The Morgan fingerprint density at radius 2 is 1.91 bits per heavy atom. The molecule has 5 rings (SSSR count). The second kappa shape index (κ2) is 9.63. The average Bonchev–Trinajstić information content (AvgIpc) is 3.50. The van der Waals surface area contributed by atoms with E-state index in [0.717, 1.165) is 40.8 Å². The number of phenols is 1. The molecule has 176 valence electrons. The molecule has 35 heavy (non-hydrogen) atoms. The van der Waals surface area contributed by atoms with Gasteiger partial charge in [-0.3, -0.25) is 10.1 Å². The van der Waals surface area contributed by atoms with Crippen LogP contribution in [0.4, 0.5) is 5.69 Å². The molecule has 0 bridgehead atoms. The monoisotopic (exact) mass is 487 g/mol. The van der Waals surface area contributed by atoms with E-state index in [1.54, 1.807) is 18.2 Å². The van der Waals surface area contributed by atoms with Crippen LogP contribution >= 0.6 is 11.8 Å². The number of aromatic nitrogens is 2. The third-order valence-corrected chi connectivity index (χ3v) is 6.63. The first-order valence-corrected chi connectivity index (χ1v) is 11.9. The first kappa shape index (κ1) is 22.7. The molecule has 0 unspecified atom stereocenters. The van der Waals surface area contributed by atoms with Gasteiger partial charge in [0.05, 0.1) is 4.92 Å². The van der Waals surface area contributed by atoms with Crippen LogP contribution < -0.4 is 4.74 Å². The van der Waals surface area contributed by atoms with Crippen molar-refractivity contribution in [3.63, 3.8) is 0 Å². The maximum absolute atomic E-state index is 10.8. The minimum Gasteiger partial charge on any atom is -0.507 e. The van der Waals surface area contributed by atoms with Crippen molar-refractivity contribution in [1.29, 1.82) is 0 Å². The number of nitro groups is 1. The number of non-ortho nitro benzene ring substituents is 1. The summed E-state index contributed by atoms with van der Waals surface area (Å²) in [4.78, 5) is 10.4. The lowest BCUT2D eigenvalue weighted by Gasteiger charge is -2.09. The van der Waals surface area contributed by atoms with E-state index in [-0.39, 0.29) is 17.5 Å². The van der Waals surface area contributed by atoms with Gasteiger partial charge < -0.3 is 14.3 Å². The first-order chi connectivity index (χ1) is 17.0. The molecule has 0 spiro atoms. The molecule has 1 aliphatic heterocycles. The van der Waals surface area contributed by atoms with Gasteiger partial charge in [0.25, 0.3) is 10.9 Å². The van der Waals surface area contributed by atoms with Crippen molar-refractivity contribution in [1.82, 2.24) is 10.2 Å². The fraction of sp³-hybridized carbons (Fsp3) is 0.154. The van der Waals surface area contributed by atoms with Crippen LogP contribution in [0.15, 0.2) is 83.0 Å². The van der Waals surface area contributed by atoms with Crippen LogP contribution in [0.25, 0.3) is 22.6 Å². The number of benzene rings is 3. The van der Waals surface area contributed by atoms with Gasteiger partial charge in [0.15, 0.2) is 0 Å². The van der Waals surface area contributed by atoms with Crippen molar-refractivity contribution in [2.24, 2.45) is 0 Å². The van der Waals surface area contributed by atoms with Crippen LogP contribution in [0.3, 0.4) is 0 Å². The minimum absolute atomic E-state index is 0.00338. The minimum atomic E-state index is -0.454. The van der Waals surface area contributed by atoms with Crippen molar-refractivity contribution < 1.29 is 19.2 Å². The van der Waals surface area contributed by atoms with Gasteiger partial charge in [0.1, 0.15) is 17.6 Å². The number of nitrogens with zero attached hydrogens (tertiary/aromatic N) is 3. The lowest BCUT2D eigenvalue weighted by molar-refractivity contribution is -0.384. The summed E-state index contributed by atoms with van der Waals surface area (Å²) in [5, 5.41) is 29.7. The van der Waals surface area contributed by atoms with Crippen LogP contribution in [0.1, 0.15) is 11.1 Å². The number of aromatic hydroxyl groups is 1. The summed E-state index contributed by atoms with van der Waals surface area (Å²) >= 11 is 1.40. The summed E-state index contributed by atoms with van der Waals surface area (Å²) in [5.74, 6) is 2.00. The molecular formula is C26H21N3O5S. The van der Waals surface area contributed by atoms with E-state index in [0.29, 0.717) is 22.4 Å². The number of nitro benzene ring substituents is 1. The molecule has 2 heterocycles. The fourth-order valence-corrected chi connectivity index (χ4v) is 4.71. The number of ether oxygens (including phenoxy) is 1. The highest BCUT2D eigenvalue weighted by Crippen LogP contribution is 2.37. The lowest BCUT2D eigenvalue weighted by Crippen LogP contribution is -2.15. The quantitative estimate of drug-likeness (QED) is 0.143. The van der Waals surface area contributed by atoms with E-state index in [9.17, 15) is 15.2 Å². The third kappa shape index (κ3) is 4.90. The fourth-order valence-electron chi connectivity index (χ4n) is 3.96. The number of hydrogen-bond donors (Lipinski definition) is 1. The van der Waals surface area contributed by atoms with E-state index >= 15 is 0 Å². The molecule has 9 heteroatoms. The van der Waals surface area contributed by atoms with Gasteiger partial charge in [-0.1, -0.05) is 30.0 Å². The zero-order chi connectivity index (χ0) is 24.4. The Hall–Kier alpha value is -4.11. The van der Waals surface area contributed by atoms with Crippen molar-refractivity contribution in [2.45, 2.75) is 24.2 Å². The van der Waals surface area contributed by atoms with Crippen LogP contribution in [0.2, 0.25) is 0 Å². The van der Waals surface area contributed by atoms with Gasteiger partial charge in [0.2, 0.25) is 5.89 Å². The van der Waals surface area contributed by atoms with E-state index in [1.165, 1.54) is 23.9 Å². The summed E-state index contributed by atoms with van der Waals surface area (Å²) in [5.41, 5.74) is 4.52. The highest BCUT2D eigenvalue weighted by Gasteiger charge is 2.25. The highest BCUT2D eigenvalue weighted by molar-refractivity contribution is 7.99. The number of phenolic OH excluding ortho intramolecular Hbond substituents is 1. The molecule has 8 nitrogen and oxygen atoms in total. The Kier molecular flexibility index (Phi) is 6.24. The van der Waals surface area contributed by atoms with E-state index in [4.69, 9.17) is 9.15 Å². The van der Waals surface area contributed by atoms with Gasteiger partial charge >= 0.3 is 0 Å². The average molecular weight is 488 g/mol. The number of thioether (sulfide) groups is 1. The number of fused-ring (bicyclic) bond motifs is 1. The Morgan fingerprint density at radius 1 is 1.11 bits per heavy atom. The highest BCUT2D eigenvalue weighted by atomic mass is 32.2. The Balaban J connectivity index is 1.23. The van der Waals surface area contributed by atoms with E-state index < -0.39 is 4.92 Å². The van der Waals surface area contributed by atoms with Gasteiger partial charge in [-0.25, -0.2) is 0 Å². The molecule has 0 saturated heterocycles. The molecule has 1 N–H and O–H groups in total. The van der Waals surface area contributed by atoms with Crippen LogP contribution in [-0.4, -0.2) is 32.1 Å². The summed E-state index contributed by atoms with van der Waals surface area (Å²) in [6, 6.07) is 17.5. The number of rotatable bonds is 8. The van der Waals surface area contributed by atoms with Crippen LogP contribution in [0, 0.1) is 10.1 Å². The first-order valence-electron chi connectivity index (χ1n) is 10.9. The summed E-state index contributed by atoms with van der Waals surface area (Å²) < 4.78 is 11.8. The second-order valence-electron chi connectivity index (χ2n) is 8.10. The standard InChI is InChI=1S/C26H21N3O5S/c1-2-3-16-4-10-23(30)22(12-16)18-7-11-24-19(13-18)14-21(33-24)15-35-26-28-27-25(34-26)17-5-8-20(9-6-17)29(31)32/h2,4-13,21,30H,1,3,14-15H2/t21-/m0/s1. The maximum Gasteiger partial charge on any atom is 0.276 e. The van der Waals surface area contributed by atoms with Crippen LogP contribution in [0.5, 0.6) is 11.5 Å². The van der Waals surface area contributed by atoms with Gasteiger partial charge in [-0.15, -0.1) is 16.8 Å². The lowest BCUT2D eigenvalue weighted by atomic mass is 9.98. The largest absolute Gasteiger partial charge is 0.507 e. The van der Waals surface area contributed by atoms with Gasteiger partial charge in [-0.2, -0.15) is 0 Å². The summed E-state index contributed by atoms with van der Waals surface area (Å²) in [7, 11) is 0. The Bertz CT molecular complexity index is 1400. The molecule has 1 aromatic heterocycles. The van der Waals surface area contributed by atoms with Crippen molar-refractivity contribution >= 4 is 17.4 Å². The molecule has 0 fully saturated rings. The molecule has 0 saturated carbocycles. The molecule has 0 radical (unpaired) electrons. The number of allylic oxidation sites excluding steroid dienone is 1. The van der Waals surface area contributed by atoms with Crippen molar-refractivity contribution in [2.75, 3.05) is 5.75 Å². The summed E-state index contributed by atoms with van der Waals surface area (Å²) in [6.07, 6.45) is 3.25. The van der Waals surface area contributed by atoms with Gasteiger partial charge in [0, 0.05) is 35.4 Å². The van der Waals surface area contributed by atoms with Crippen molar-refractivity contribution in [3.8, 4) is 34.1 Å². The Labute approximate surface area is 205 Å². The molecular weight excluding hydrogens is 466 g/mol. The number of hydrogen-bond acceptors (Lipinski definition) is 8. The zero-order valence-electron chi connectivity index (χ0n) is 18.6. The molecule has 3 aromatic carbocycles. The van der Waals surface area contributed by atoms with Crippen molar-refractivity contribution in [3.05, 3.63) is 94.6 Å².